The predicted molar refractivity (Wildman–Crippen MR) is 168 cm³/mol. The van der Waals surface area contributed by atoms with E-state index in [9.17, 15) is 18.9 Å². The number of hydrogen-bond acceptors (Lipinski definition) is 9. The number of carbonyl (C=O) groups excluding carboxylic acids is 2. The Kier molecular flexibility index (Phi) is 10.3. The topological polar surface area (TPSA) is 167 Å². The fraction of sp³-hybridized carbons (Fsp3) is 0.200. The highest BCUT2D eigenvalue weighted by molar-refractivity contribution is 7.93. The van der Waals surface area contributed by atoms with Crippen LogP contribution in [0.15, 0.2) is 94.3 Å². The van der Waals surface area contributed by atoms with Crippen LogP contribution in [0.4, 0.5) is 38.4 Å². The van der Waals surface area contributed by atoms with Gasteiger partial charge in [-0.3, -0.25) is 0 Å². The molecule has 3 aromatic carbocycles. The highest BCUT2D eigenvalue weighted by atomic mass is 32.2. The molecule has 0 aliphatic heterocycles. The number of hydrogen-bond donors (Lipinski definition) is 5. The SMILES string of the molecule is CCOC(=O)N=S(C)(=O)c1cccc(Nc2ncc(-c3ccc(NC(=O)Nc4ccccc4)cc3)c(N[C@H](C)CO)n2)c1. The molecule has 13 heteroatoms. The Morgan fingerprint density at radius 2 is 1.65 bits per heavy atom. The molecule has 0 saturated carbocycles. The number of aliphatic hydroxyl groups excluding tert-OH is 1. The molecule has 0 aliphatic carbocycles. The summed E-state index contributed by atoms with van der Waals surface area (Å²) in [5, 5.41) is 21.5. The van der Waals surface area contributed by atoms with Crippen LogP contribution < -0.4 is 21.3 Å². The van der Waals surface area contributed by atoms with E-state index in [0.29, 0.717) is 33.3 Å². The third kappa shape index (κ3) is 8.74. The predicted octanol–water partition coefficient (Wildman–Crippen LogP) is 5.94. The first-order valence-corrected chi connectivity index (χ1v) is 15.3. The number of aliphatic hydroxyl groups is 1. The van der Waals surface area contributed by atoms with Crippen molar-refractivity contribution in [3.63, 3.8) is 0 Å². The molecule has 3 amide bonds. The van der Waals surface area contributed by atoms with Crippen LogP contribution in [0.2, 0.25) is 0 Å². The van der Waals surface area contributed by atoms with Crippen LogP contribution in [-0.2, 0) is 14.5 Å². The van der Waals surface area contributed by atoms with Crippen molar-refractivity contribution in [3.8, 4) is 11.1 Å². The lowest BCUT2D eigenvalue weighted by Crippen LogP contribution is -2.21. The van der Waals surface area contributed by atoms with Gasteiger partial charge in [0.2, 0.25) is 5.95 Å². The van der Waals surface area contributed by atoms with Gasteiger partial charge in [0, 0.05) is 46.0 Å². The van der Waals surface area contributed by atoms with Gasteiger partial charge in [0.1, 0.15) is 5.82 Å². The lowest BCUT2D eigenvalue weighted by molar-refractivity contribution is 0.164. The first-order valence-electron chi connectivity index (χ1n) is 13.4. The number of para-hydroxylation sites is 1. The van der Waals surface area contributed by atoms with Crippen LogP contribution in [0.3, 0.4) is 0 Å². The number of benzene rings is 3. The number of ether oxygens (including phenoxy) is 1. The quantitative estimate of drug-likeness (QED) is 0.147. The molecule has 0 saturated heterocycles. The molecule has 0 spiro atoms. The molecule has 1 unspecified atom stereocenters. The van der Waals surface area contributed by atoms with Gasteiger partial charge in [-0.25, -0.2) is 18.8 Å². The van der Waals surface area contributed by atoms with Gasteiger partial charge in [0.15, 0.2) is 0 Å². The van der Waals surface area contributed by atoms with Gasteiger partial charge in [-0.05, 0) is 61.9 Å². The molecular weight excluding hydrogens is 570 g/mol. The molecular formula is C30H33N7O5S. The van der Waals surface area contributed by atoms with E-state index in [2.05, 4.69) is 35.6 Å². The zero-order valence-corrected chi connectivity index (χ0v) is 24.7. The van der Waals surface area contributed by atoms with Crippen molar-refractivity contribution >= 4 is 50.7 Å². The van der Waals surface area contributed by atoms with E-state index < -0.39 is 15.8 Å². The van der Waals surface area contributed by atoms with E-state index in [4.69, 9.17) is 4.74 Å². The van der Waals surface area contributed by atoms with Gasteiger partial charge in [-0.1, -0.05) is 36.4 Å². The number of amides is 3. The normalized spacial score (nSPS) is 12.7. The maximum Gasteiger partial charge on any atom is 0.442 e. The number of rotatable bonds is 10. The third-order valence-electron chi connectivity index (χ3n) is 5.98. The monoisotopic (exact) mass is 603 g/mol. The van der Waals surface area contributed by atoms with Gasteiger partial charge >= 0.3 is 12.1 Å². The van der Waals surface area contributed by atoms with E-state index in [0.717, 1.165) is 5.56 Å². The largest absolute Gasteiger partial charge is 0.448 e. The molecule has 1 aromatic heterocycles. The molecule has 43 heavy (non-hydrogen) atoms. The number of aromatic nitrogens is 2. The minimum Gasteiger partial charge on any atom is -0.448 e. The highest BCUT2D eigenvalue weighted by Gasteiger charge is 2.15. The Labute approximate surface area is 250 Å². The summed E-state index contributed by atoms with van der Waals surface area (Å²) in [6.07, 6.45) is 2.11. The molecule has 2 atom stereocenters. The van der Waals surface area contributed by atoms with Crippen molar-refractivity contribution in [1.29, 1.82) is 0 Å². The maximum atomic E-state index is 13.1. The molecule has 0 radical (unpaired) electrons. The Morgan fingerprint density at radius 1 is 0.977 bits per heavy atom. The van der Waals surface area contributed by atoms with Crippen molar-refractivity contribution < 1.29 is 23.6 Å². The summed E-state index contributed by atoms with van der Waals surface area (Å²) in [5.41, 5.74) is 3.25. The zero-order valence-electron chi connectivity index (χ0n) is 23.9. The molecule has 0 fully saturated rings. The van der Waals surface area contributed by atoms with Crippen LogP contribution in [0.25, 0.3) is 11.1 Å². The molecule has 224 valence electrons. The summed E-state index contributed by atoms with van der Waals surface area (Å²) in [5.74, 6) is 0.712. The Balaban J connectivity index is 1.54. The van der Waals surface area contributed by atoms with Crippen molar-refractivity contribution in [2.24, 2.45) is 4.36 Å². The Bertz CT molecular complexity index is 1690. The average molecular weight is 604 g/mol. The van der Waals surface area contributed by atoms with Crippen LogP contribution in [0.1, 0.15) is 13.8 Å². The minimum absolute atomic E-state index is 0.123. The second-order valence-corrected chi connectivity index (χ2v) is 11.7. The lowest BCUT2D eigenvalue weighted by Gasteiger charge is -2.17. The molecule has 5 N–H and O–H groups in total. The Morgan fingerprint density at radius 3 is 2.33 bits per heavy atom. The smallest absolute Gasteiger partial charge is 0.442 e. The summed E-state index contributed by atoms with van der Waals surface area (Å²) in [4.78, 5) is 33.6. The average Bonchev–Trinajstić information content (AvgIpc) is 2.98. The van der Waals surface area contributed by atoms with E-state index in [1.165, 1.54) is 6.26 Å². The molecule has 1 heterocycles. The molecule has 4 aromatic rings. The second-order valence-electron chi connectivity index (χ2n) is 9.45. The first-order chi connectivity index (χ1) is 20.7. The van der Waals surface area contributed by atoms with Gasteiger partial charge < -0.3 is 31.1 Å². The summed E-state index contributed by atoms with van der Waals surface area (Å²) < 4.78 is 21.6. The zero-order chi connectivity index (χ0) is 30.8. The summed E-state index contributed by atoms with van der Waals surface area (Å²) >= 11 is 0. The van der Waals surface area contributed by atoms with Crippen LogP contribution >= 0.6 is 0 Å². The highest BCUT2D eigenvalue weighted by Crippen LogP contribution is 2.29. The van der Waals surface area contributed by atoms with Crippen molar-refractivity contribution in [2.75, 3.05) is 40.7 Å². The number of anilines is 5. The summed E-state index contributed by atoms with van der Waals surface area (Å²) in [6.45, 7) is 3.46. The van der Waals surface area contributed by atoms with Crippen LogP contribution in [-0.4, -0.2) is 56.9 Å². The Hall–Kier alpha value is -5.01. The van der Waals surface area contributed by atoms with Gasteiger partial charge in [-0.15, -0.1) is 4.36 Å². The summed E-state index contributed by atoms with van der Waals surface area (Å²) in [6, 6.07) is 22.3. The fourth-order valence-electron chi connectivity index (χ4n) is 3.87. The van der Waals surface area contributed by atoms with Gasteiger partial charge in [-0.2, -0.15) is 4.98 Å². The molecule has 12 nitrogen and oxygen atoms in total. The standard InChI is InChI=1S/C30H33N7O5S/c1-4-42-30(40)37-43(3,41)25-12-8-11-24(17-25)33-28-31-18-26(27(36-28)32-20(2)19-38)21-13-15-23(16-14-21)35-29(39)34-22-9-6-5-7-10-22/h5-18,20,38H,4,19H2,1-3H3,(H2,34,35,39)(H2,31,32,33,36)/t20-,43?/m1/s1. The van der Waals surface area contributed by atoms with Crippen molar-refractivity contribution in [2.45, 2.75) is 24.8 Å². The van der Waals surface area contributed by atoms with E-state index in [1.54, 1.807) is 61.7 Å². The third-order valence-corrected chi connectivity index (χ3v) is 7.60. The number of carbonyl (C=O) groups is 2. The van der Waals surface area contributed by atoms with E-state index in [1.807, 2.05) is 37.3 Å². The van der Waals surface area contributed by atoms with Gasteiger partial charge in [0.25, 0.3) is 0 Å². The summed E-state index contributed by atoms with van der Waals surface area (Å²) in [7, 11) is -3.04. The molecule has 0 bridgehead atoms. The molecule has 4 rings (SSSR count). The number of nitrogens with one attached hydrogen (secondary N) is 4. The number of urea groups is 1. The second kappa shape index (κ2) is 14.2. The molecule has 0 aliphatic rings. The maximum absolute atomic E-state index is 13.1. The van der Waals surface area contributed by atoms with Gasteiger partial charge in [0.05, 0.1) is 22.9 Å². The fourth-order valence-corrected chi connectivity index (χ4v) is 4.99. The van der Waals surface area contributed by atoms with E-state index in [-0.39, 0.29) is 31.2 Å². The van der Waals surface area contributed by atoms with Crippen LogP contribution in [0, 0.1) is 0 Å². The van der Waals surface area contributed by atoms with E-state index >= 15 is 0 Å². The lowest BCUT2D eigenvalue weighted by atomic mass is 10.1. The minimum atomic E-state index is -3.04. The van der Waals surface area contributed by atoms with Crippen molar-refractivity contribution in [1.82, 2.24) is 9.97 Å². The van der Waals surface area contributed by atoms with Crippen molar-refractivity contribution in [3.05, 3.63) is 85.1 Å². The number of nitrogens with zero attached hydrogens (tertiary/aromatic N) is 3. The van der Waals surface area contributed by atoms with Crippen LogP contribution in [0.5, 0.6) is 0 Å². The first kappa shape index (κ1) is 30.9.